The molecule has 0 unspecified atom stereocenters. The number of fused-ring (bicyclic) bond motifs is 1. The maximum atomic E-state index is 13.5. The van der Waals surface area contributed by atoms with E-state index >= 15 is 0 Å². The molecule has 1 aliphatic heterocycles. The lowest BCUT2D eigenvalue weighted by molar-refractivity contribution is -0.149. The Balaban J connectivity index is 1.55. The molecule has 1 aliphatic rings. The number of ether oxygens (including phenoxy) is 1. The van der Waals surface area contributed by atoms with Crippen LogP contribution < -0.4 is 5.56 Å². The monoisotopic (exact) mass is 518 g/mol. The lowest BCUT2D eigenvalue weighted by atomic mass is 9.93. The smallest absolute Gasteiger partial charge is 0.309 e. The summed E-state index contributed by atoms with van der Waals surface area (Å²) in [6.07, 6.45) is 1.22. The van der Waals surface area contributed by atoms with Crippen molar-refractivity contribution in [2.75, 3.05) is 19.7 Å². The number of carbonyl (C=O) groups excluding carboxylic acids is 1. The molecule has 198 valence electrons. The van der Waals surface area contributed by atoms with Crippen molar-refractivity contribution < 1.29 is 13.9 Å². The van der Waals surface area contributed by atoms with Crippen LogP contribution in [0.15, 0.2) is 47.3 Å². The Hall–Kier alpha value is -3.92. The molecule has 0 spiro atoms. The fourth-order valence-corrected chi connectivity index (χ4v) is 5.13. The van der Waals surface area contributed by atoms with Gasteiger partial charge in [0.25, 0.3) is 5.56 Å². The van der Waals surface area contributed by atoms with Crippen LogP contribution in [-0.4, -0.2) is 55.8 Å². The SMILES string of the molecule is CCOC(=O)C1CCN([C@H](c2cc3cc(C)c(C)cc3[nH]c2=O)c2nnnn2Cc2ccc(F)cc2)CC1. The summed E-state index contributed by atoms with van der Waals surface area (Å²) >= 11 is 0. The highest BCUT2D eigenvalue weighted by Gasteiger charge is 2.35. The molecule has 3 heterocycles. The van der Waals surface area contributed by atoms with E-state index in [1.807, 2.05) is 26.0 Å². The molecule has 0 aliphatic carbocycles. The van der Waals surface area contributed by atoms with Gasteiger partial charge in [0.1, 0.15) is 11.9 Å². The number of carbonyl (C=O) groups is 1. The number of hydrogen-bond donors (Lipinski definition) is 1. The number of pyridine rings is 1. The van der Waals surface area contributed by atoms with Crippen LogP contribution in [-0.2, 0) is 16.1 Å². The number of tetrazole rings is 1. The van der Waals surface area contributed by atoms with E-state index in [1.54, 1.807) is 23.7 Å². The van der Waals surface area contributed by atoms with E-state index in [2.05, 4.69) is 31.5 Å². The van der Waals surface area contributed by atoms with Crippen molar-refractivity contribution in [3.05, 3.63) is 86.7 Å². The number of nitrogens with one attached hydrogen (secondary N) is 1. The molecule has 1 fully saturated rings. The van der Waals surface area contributed by atoms with E-state index in [9.17, 15) is 14.0 Å². The highest BCUT2D eigenvalue weighted by molar-refractivity contribution is 5.81. The molecule has 38 heavy (non-hydrogen) atoms. The van der Waals surface area contributed by atoms with Crippen LogP contribution in [0.2, 0.25) is 0 Å². The maximum Gasteiger partial charge on any atom is 0.309 e. The van der Waals surface area contributed by atoms with E-state index in [4.69, 9.17) is 4.74 Å². The summed E-state index contributed by atoms with van der Waals surface area (Å²) in [7, 11) is 0. The Morgan fingerprint density at radius 3 is 2.55 bits per heavy atom. The molecule has 0 amide bonds. The molecule has 4 aromatic rings. The molecule has 1 atom stereocenters. The van der Waals surface area contributed by atoms with Crippen molar-refractivity contribution in [3.63, 3.8) is 0 Å². The first kappa shape index (κ1) is 25.7. The Bertz CT molecular complexity index is 1510. The summed E-state index contributed by atoms with van der Waals surface area (Å²) in [5, 5.41) is 13.4. The van der Waals surface area contributed by atoms with Gasteiger partial charge in [-0.1, -0.05) is 12.1 Å². The average molecular weight is 519 g/mol. The number of aryl methyl sites for hydroxylation is 2. The van der Waals surface area contributed by atoms with Crippen LogP contribution in [0.5, 0.6) is 0 Å². The van der Waals surface area contributed by atoms with Gasteiger partial charge in [-0.2, -0.15) is 0 Å². The van der Waals surface area contributed by atoms with Crippen molar-refractivity contribution in [1.29, 1.82) is 0 Å². The molecule has 2 aromatic carbocycles. The number of esters is 1. The van der Waals surface area contributed by atoms with Gasteiger partial charge in [0.15, 0.2) is 5.82 Å². The van der Waals surface area contributed by atoms with Crippen LogP contribution in [0, 0.1) is 25.6 Å². The van der Waals surface area contributed by atoms with Gasteiger partial charge < -0.3 is 9.72 Å². The minimum Gasteiger partial charge on any atom is -0.466 e. The van der Waals surface area contributed by atoms with E-state index in [1.165, 1.54) is 12.1 Å². The van der Waals surface area contributed by atoms with Crippen molar-refractivity contribution in [3.8, 4) is 0 Å². The Labute approximate surface area is 219 Å². The first-order valence-electron chi connectivity index (χ1n) is 12.9. The zero-order valence-corrected chi connectivity index (χ0v) is 21.8. The molecule has 0 bridgehead atoms. The number of nitrogens with zero attached hydrogens (tertiary/aromatic N) is 5. The number of H-pyrrole nitrogens is 1. The topological polar surface area (TPSA) is 106 Å². The van der Waals surface area contributed by atoms with Gasteiger partial charge in [0.05, 0.1) is 19.1 Å². The predicted molar refractivity (Wildman–Crippen MR) is 140 cm³/mol. The van der Waals surface area contributed by atoms with Gasteiger partial charge in [-0.3, -0.25) is 14.5 Å². The second kappa shape index (κ2) is 10.8. The van der Waals surface area contributed by atoms with Crippen LogP contribution in [0.3, 0.4) is 0 Å². The minimum absolute atomic E-state index is 0.178. The molecule has 9 nitrogen and oxygen atoms in total. The number of aromatic amines is 1. The number of rotatable bonds is 7. The summed E-state index contributed by atoms with van der Waals surface area (Å²) < 4.78 is 20.4. The van der Waals surface area contributed by atoms with Gasteiger partial charge in [0, 0.05) is 24.2 Å². The van der Waals surface area contributed by atoms with Crippen LogP contribution in [0.1, 0.15) is 53.9 Å². The number of benzene rings is 2. The van der Waals surface area contributed by atoms with E-state index < -0.39 is 6.04 Å². The second-order valence-corrected chi connectivity index (χ2v) is 9.86. The third-order valence-corrected chi connectivity index (χ3v) is 7.35. The van der Waals surface area contributed by atoms with Crippen molar-refractivity contribution in [2.45, 2.75) is 46.2 Å². The minimum atomic E-state index is -0.539. The summed E-state index contributed by atoms with van der Waals surface area (Å²) in [5.41, 5.74) is 4.15. The largest absolute Gasteiger partial charge is 0.466 e. The number of halogens is 1. The van der Waals surface area contributed by atoms with Crippen molar-refractivity contribution >= 4 is 16.9 Å². The summed E-state index contributed by atoms with van der Waals surface area (Å²) in [6.45, 7) is 7.68. The lowest BCUT2D eigenvalue weighted by Crippen LogP contribution is -2.42. The predicted octanol–water partition coefficient (Wildman–Crippen LogP) is 3.68. The zero-order valence-electron chi connectivity index (χ0n) is 21.8. The summed E-state index contributed by atoms with van der Waals surface area (Å²) in [6, 6.07) is 11.6. The molecular weight excluding hydrogens is 487 g/mol. The Morgan fingerprint density at radius 2 is 1.84 bits per heavy atom. The molecule has 5 rings (SSSR count). The van der Waals surface area contributed by atoms with Gasteiger partial charge in [-0.15, -0.1) is 5.10 Å². The van der Waals surface area contributed by atoms with E-state index in [0.717, 1.165) is 27.6 Å². The van der Waals surface area contributed by atoms with Crippen molar-refractivity contribution in [1.82, 2.24) is 30.1 Å². The van der Waals surface area contributed by atoms with E-state index in [-0.39, 0.29) is 23.3 Å². The third-order valence-electron chi connectivity index (χ3n) is 7.35. The second-order valence-electron chi connectivity index (χ2n) is 9.86. The Morgan fingerprint density at radius 1 is 1.13 bits per heavy atom. The van der Waals surface area contributed by atoms with Gasteiger partial charge in [-0.05, 0) is 96.4 Å². The number of hydrogen-bond acceptors (Lipinski definition) is 7. The normalized spacial score (nSPS) is 15.6. The molecule has 2 aromatic heterocycles. The maximum absolute atomic E-state index is 13.5. The van der Waals surface area contributed by atoms with Gasteiger partial charge in [-0.25, -0.2) is 9.07 Å². The van der Waals surface area contributed by atoms with Crippen molar-refractivity contribution in [2.24, 2.45) is 5.92 Å². The molecule has 0 radical (unpaired) electrons. The highest BCUT2D eigenvalue weighted by atomic mass is 19.1. The molecule has 1 N–H and O–H groups in total. The van der Waals surface area contributed by atoms with Crippen LogP contribution >= 0.6 is 0 Å². The summed E-state index contributed by atoms with van der Waals surface area (Å²) in [5.74, 6) is -0.166. The first-order chi connectivity index (χ1) is 18.3. The zero-order chi connectivity index (χ0) is 26.8. The fraction of sp³-hybridized carbons (Fsp3) is 0.393. The quantitative estimate of drug-likeness (QED) is 0.372. The standard InChI is InChI=1S/C28H31FN6O3/c1-4-38-28(37)20-9-11-34(12-10-20)25(23-15-21-13-17(2)18(3)14-24(21)30-27(23)36)26-31-32-33-35(26)16-19-5-7-22(29)8-6-19/h5-8,13-15,20,25H,4,9-12,16H2,1-3H3,(H,30,36)/t25-/m1/s1. The van der Waals surface area contributed by atoms with Gasteiger partial charge in [0.2, 0.25) is 0 Å². The molecule has 0 saturated carbocycles. The molecular formula is C28H31FN6O3. The highest BCUT2D eigenvalue weighted by Crippen LogP contribution is 2.32. The third kappa shape index (κ3) is 5.22. The number of piperidine rings is 1. The summed E-state index contributed by atoms with van der Waals surface area (Å²) in [4.78, 5) is 31.1. The molecule has 1 saturated heterocycles. The van der Waals surface area contributed by atoms with Gasteiger partial charge >= 0.3 is 5.97 Å². The van der Waals surface area contributed by atoms with E-state index in [0.29, 0.717) is 50.5 Å². The van der Waals surface area contributed by atoms with Crippen LogP contribution in [0.4, 0.5) is 4.39 Å². The fourth-order valence-electron chi connectivity index (χ4n) is 5.13. The lowest BCUT2D eigenvalue weighted by Gasteiger charge is -2.36. The number of likely N-dealkylation sites (tertiary alicyclic amines) is 1. The molecule has 10 heteroatoms. The number of aromatic nitrogens is 5. The average Bonchev–Trinajstić information content (AvgIpc) is 3.35. The first-order valence-corrected chi connectivity index (χ1v) is 12.9. The Kier molecular flexibility index (Phi) is 7.33. The van der Waals surface area contributed by atoms with Crippen LogP contribution in [0.25, 0.3) is 10.9 Å².